The Morgan fingerprint density at radius 1 is 0.810 bits per heavy atom. The van der Waals surface area contributed by atoms with Crippen molar-refractivity contribution < 1.29 is 5.11 Å². The zero-order chi connectivity index (χ0) is 15.0. The van der Waals surface area contributed by atoms with Gasteiger partial charge in [-0.1, -0.05) is 73.8 Å². The van der Waals surface area contributed by atoms with E-state index in [1.165, 1.54) is 0 Å². The molecule has 0 saturated carbocycles. The van der Waals surface area contributed by atoms with Crippen molar-refractivity contribution in [2.45, 2.75) is 6.10 Å². The van der Waals surface area contributed by atoms with Crippen molar-refractivity contribution in [3.8, 4) is 0 Å². The zero-order valence-corrected chi connectivity index (χ0v) is 14.8. The van der Waals surface area contributed by atoms with E-state index in [0.717, 1.165) is 30.8 Å². The first-order valence-electron chi connectivity index (χ1n) is 6.38. The first-order valence-corrected chi connectivity index (χ1v) is 8.34. The van der Waals surface area contributed by atoms with Crippen LogP contribution in [0.4, 0.5) is 0 Å². The standard InChI is InChI=1S/C17H11Br2ClO/c18-15-8-6-13(11-3-1-2-4-12(11)15)17(21)14-9-10(20)5-7-16(14)19/h1-9,17,21H. The third kappa shape index (κ3) is 2.88. The van der Waals surface area contributed by atoms with E-state index in [0.29, 0.717) is 5.02 Å². The van der Waals surface area contributed by atoms with E-state index in [1.807, 2.05) is 42.5 Å². The molecule has 0 spiro atoms. The second-order valence-electron chi connectivity index (χ2n) is 4.75. The maximum absolute atomic E-state index is 10.8. The van der Waals surface area contributed by atoms with Gasteiger partial charge in [0.15, 0.2) is 0 Å². The molecule has 0 heterocycles. The average Bonchev–Trinajstić information content (AvgIpc) is 2.50. The van der Waals surface area contributed by atoms with Crippen molar-refractivity contribution in [3.63, 3.8) is 0 Å². The molecule has 0 saturated heterocycles. The van der Waals surface area contributed by atoms with Gasteiger partial charge in [-0.15, -0.1) is 0 Å². The summed E-state index contributed by atoms with van der Waals surface area (Å²) in [6.07, 6.45) is -0.740. The van der Waals surface area contributed by atoms with Gasteiger partial charge in [-0.2, -0.15) is 0 Å². The molecule has 4 heteroatoms. The second-order valence-corrected chi connectivity index (χ2v) is 6.90. The molecule has 0 aliphatic rings. The van der Waals surface area contributed by atoms with E-state index in [4.69, 9.17) is 11.6 Å². The van der Waals surface area contributed by atoms with E-state index in [-0.39, 0.29) is 0 Å². The first-order chi connectivity index (χ1) is 10.1. The largest absolute Gasteiger partial charge is 0.384 e. The molecule has 0 radical (unpaired) electrons. The highest BCUT2D eigenvalue weighted by molar-refractivity contribution is 9.11. The number of rotatable bonds is 2. The third-order valence-electron chi connectivity index (χ3n) is 3.45. The molecule has 1 unspecified atom stereocenters. The highest BCUT2D eigenvalue weighted by atomic mass is 79.9. The van der Waals surface area contributed by atoms with Crippen LogP contribution in [-0.2, 0) is 0 Å². The quantitative estimate of drug-likeness (QED) is 0.525. The smallest absolute Gasteiger partial charge is 0.106 e. The Labute approximate surface area is 144 Å². The summed E-state index contributed by atoms with van der Waals surface area (Å²) < 4.78 is 1.85. The summed E-state index contributed by atoms with van der Waals surface area (Å²) in [6.45, 7) is 0. The fourth-order valence-electron chi connectivity index (χ4n) is 2.42. The Hall–Kier alpha value is -0.870. The van der Waals surface area contributed by atoms with Crippen molar-refractivity contribution in [3.05, 3.63) is 79.7 Å². The maximum Gasteiger partial charge on any atom is 0.106 e. The van der Waals surface area contributed by atoms with Crippen LogP contribution in [0.3, 0.4) is 0 Å². The Bertz CT molecular complexity index is 817. The normalized spacial score (nSPS) is 12.6. The highest BCUT2D eigenvalue weighted by Gasteiger charge is 2.17. The van der Waals surface area contributed by atoms with Gasteiger partial charge in [-0.25, -0.2) is 0 Å². The molecule has 0 aromatic heterocycles. The van der Waals surface area contributed by atoms with Gasteiger partial charge < -0.3 is 5.11 Å². The molecule has 0 aliphatic heterocycles. The second kappa shape index (κ2) is 6.09. The van der Waals surface area contributed by atoms with E-state index in [2.05, 4.69) is 31.9 Å². The molecule has 0 bridgehead atoms. The summed E-state index contributed by atoms with van der Waals surface area (Å²) in [5.41, 5.74) is 1.62. The minimum atomic E-state index is -0.740. The van der Waals surface area contributed by atoms with Crippen LogP contribution in [0.1, 0.15) is 17.2 Å². The predicted octanol–water partition coefficient (Wildman–Crippen LogP) is 6.10. The lowest BCUT2D eigenvalue weighted by Gasteiger charge is -2.16. The molecule has 3 rings (SSSR count). The van der Waals surface area contributed by atoms with Crippen LogP contribution in [0.2, 0.25) is 5.02 Å². The van der Waals surface area contributed by atoms with Crippen LogP contribution in [0, 0.1) is 0 Å². The van der Waals surface area contributed by atoms with Crippen LogP contribution >= 0.6 is 43.5 Å². The monoisotopic (exact) mass is 424 g/mol. The van der Waals surface area contributed by atoms with E-state index >= 15 is 0 Å². The summed E-state index contributed by atoms with van der Waals surface area (Å²) >= 11 is 13.1. The highest BCUT2D eigenvalue weighted by Crippen LogP contribution is 2.36. The van der Waals surface area contributed by atoms with Crippen LogP contribution in [-0.4, -0.2) is 5.11 Å². The van der Waals surface area contributed by atoms with Crippen LogP contribution in [0.15, 0.2) is 63.5 Å². The lowest BCUT2D eigenvalue weighted by Crippen LogP contribution is -2.02. The third-order valence-corrected chi connectivity index (χ3v) is 5.10. The SMILES string of the molecule is OC(c1cc(Cl)ccc1Br)c1ccc(Br)c2ccccc12. The average molecular weight is 427 g/mol. The predicted molar refractivity (Wildman–Crippen MR) is 94.9 cm³/mol. The molecule has 3 aromatic carbocycles. The molecule has 21 heavy (non-hydrogen) atoms. The van der Waals surface area contributed by atoms with Gasteiger partial charge >= 0.3 is 0 Å². The van der Waals surface area contributed by atoms with Crippen LogP contribution in [0.25, 0.3) is 10.8 Å². The van der Waals surface area contributed by atoms with Crippen molar-refractivity contribution in [1.82, 2.24) is 0 Å². The number of benzene rings is 3. The van der Waals surface area contributed by atoms with Gasteiger partial charge in [0.25, 0.3) is 0 Å². The fraction of sp³-hybridized carbons (Fsp3) is 0.0588. The number of halogens is 3. The molecule has 0 fully saturated rings. The van der Waals surface area contributed by atoms with E-state index < -0.39 is 6.10 Å². The zero-order valence-electron chi connectivity index (χ0n) is 10.9. The molecule has 1 nitrogen and oxygen atoms in total. The summed E-state index contributed by atoms with van der Waals surface area (Å²) in [5.74, 6) is 0. The minimum absolute atomic E-state index is 0.605. The van der Waals surface area contributed by atoms with E-state index in [9.17, 15) is 5.11 Å². The van der Waals surface area contributed by atoms with Gasteiger partial charge in [0.2, 0.25) is 0 Å². The Kier molecular flexibility index (Phi) is 4.36. The lowest BCUT2D eigenvalue weighted by atomic mass is 9.96. The summed E-state index contributed by atoms with van der Waals surface area (Å²) in [6, 6.07) is 17.3. The molecule has 3 aromatic rings. The van der Waals surface area contributed by atoms with Gasteiger partial charge in [-0.05, 0) is 40.6 Å². The van der Waals surface area contributed by atoms with Crippen LogP contribution in [0.5, 0.6) is 0 Å². The molecular formula is C17H11Br2ClO. The summed E-state index contributed by atoms with van der Waals surface area (Å²) in [5, 5.41) is 13.5. The van der Waals surface area contributed by atoms with E-state index in [1.54, 1.807) is 12.1 Å². The van der Waals surface area contributed by atoms with Gasteiger partial charge in [0, 0.05) is 19.5 Å². The molecule has 106 valence electrons. The molecule has 1 atom stereocenters. The maximum atomic E-state index is 10.8. The number of hydrogen-bond donors (Lipinski definition) is 1. The molecule has 0 aliphatic carbocycles. The van der Waals surface area contributed by atoms with Crippen molar-refractivity contribution in [2.75, 3.05) is 0 Å². The van der Waals surface area contributed by atoms with Crippen molar-refractivity contribution in [2.24, 2.45) is 0 Å². The Balaban J connectivity index is 2.20. The number of aliphatic hydroxyl groups excluding tert-OH is 1. The molecular weight excluding hydrogens is 415 g/mol. The summed E-state index contributed by atoms with van der Waals surface area (Å²) in [4.78, 5) is 0. The van der Waals surface area contributed by atoms with Gasteiger partial charge in [0.05, 0.1) is 0 Å². The van der Waals surface area contributed by atoms with Crippen molar-refractivity contribution in [1.29, 1.82) is 0 Å². The number of hydrogen-bond acceptors (Lipinski definition) is 1. The lowest BCUT2D eigenvalue weighted by molar-refractivity contribution is 0.221. The topological polar surface area (TPSA) is 20.2 Å². The van der Waals surface area contributed by atoms with Crippen molar-refractivity contribution >= 4 is 54.2 Å². The fourth-order valence-corrected chi connectivity index (χ4v) is 3.54. The number of aliphatic hydroxyl groups is 1. The molecule has 1 N–H and O–H groups in total. The van der Waals surface area contributed by atoms with Crippen LogP contribution < -0.4 is 0 Å². The van der Waals surface area contributed by atoms with Gasteiger partial charge in [-0.3, -0.25) is 0 Å². The Morgan fingerprint density at radius 3 is 2.24 bits per heavy atom. The number of fused-ring (bicyclic) bond motifs is 1. The minimum Gasteiger partial charge on any atom is -0.384 e. The van der Waals surface area contributed by atoms with Gasteiger partial charge in [0.1, 0.15) is 6.10 Å². The summed E-state index contributed by atoms with van der Waals surface area (Å²) in [7, 11) is 0. The first kappa shape index (κ1) is 15.0. The Morgan fingerprint density at radius 2 is 1.48 bits per heavy atom. The molecule has 0 amide bonds.